The van der Waals surface area contributed by atoms with Crippen molar-refractivity contribution in [2.75, 3.05) is 19.6 Å². The average Bonchev–Trinajstić information content (AvgIpc) is 3.20. The van der Waals surface area contributed by atoms with Crippen molar-refractivity contribution < 1.29 is 0 Å². The summed E-state index contributed by atoms with van der Waals surface area (Å²) in [6.45, 7) is 5.88. The second-order valence-electron chi connectivity index (χ2n) is 6.81. The van der Waals surface area contributed by atoms with E-state index in [2.05, 4.69) is 29.4 Å². The maximum atomic E-state index is 4.75. The predicted octanol–water partition coefficient (Wildman–Crippen LogP) is 2.87. The number of nitrogens with zero attached hydrogens (tertiary/aromatic N) is 3. The van der Waals surface area contributed by atoms with Crippen LogP contribution in [0.2, 0.25) is 0 Å². The fraction of sp³-hybridized carbons (Fsp3) is 0.824. The van der Waals surface area contributed by atoms with Gasteiger partial charge in [-0.15, -0.1) is 0 Å². The molecule has 2 heterocycles. The van der Waals surface area contributed by atoms with E-state index in [9.17, 15) is 0 Å². The Kier molecular flexibility index (Phi) is 4.65. The van der Waals surface area contributed by atoms with Gasteiger partial charge in [-0.05, 0) is 57.8 Å². The highest BCUT2D eigenvalue weighted by molar-refractivity contribution is 5.17. The molecule has 1 unspecified atom stereocenters. The molecule has 1 aromatic heterocycles. The molecular weight excluding hydrogens is 260 g/mol. The molecule has 1 aliphatic heterocycles. The second kappa shape index (κ2) is 6.49. The van der Waals surface area contributed by atoms with Crippen molar-refractivity contribution in [1.29, 1.82) is 0 Å². The summed E-state index contributed by atoms with van der Waals surface area (Å²) in [6, 6.07) is 2.60. The molecule has 0 radical (unpaired) electrons. The molecule has 2 aliphatic rings. The Morgan fingerprint density at radius 1 is 1.24 bits per heavy atom. The van der Waals surface area contributed by atoms with Gasteiger partial charge in [0, 0.05) is 18.8 Å². The molecule has 1 atom stereocenters. The lowest BCUT2D eigenvalue weighted by atomic mass is 9.84. The van der Waals surface area contributed by atoms with E-state index in [0.717, 1.165) is 6.54 Å². The van der Waals surface area contributed by atoms with Crippen LogP contribution >= 0.6 is 0 Å². The third kappa shape index (κ3) is 2.88. The first-order valence-electron chi connectivity index (χ1n) is 8.74. The molecule has 0 amide bonds. The highest BCUT2D eigenvalue weighted by atomic mass is 15.3. The molecule has 0 bridgehead atoms. The van der Waals surface area contributed by atoms with Crippen LogP contribution in [0.3, 0.4) is 0 Å². The van der Waals surface area contributed by atoms with Gasteiger partial charge in [0.2, 0.25) is 0 Å². The molecule has 1 saturated heterocycles. The van der Waals surface area contributed by atoms with Crippen molar-refractivity contribution >= 4 is 0 Å². The number of nitrogens with one attached hydrogen (secondary N) is 1. The summed E-state index contributed by atoms with van der Waals surface area (Å²) in [6.07, 6.45) is 11.4. The van der Waals surface area contributed by atoms with E-state index in [-0.39, 0.29) is 0 Å². The quantitative estimate of drug-likeness (QED) is 0.874. The highest BCUT2D eigenvalue weighted by Gasteiger charge is 2.47. The lowest BCUT2D eigenvalue weighted by Crippen LogP contribution is -2.54. The largest absolute Gasteiger partial charge is 0.307 e. The molecule has 4 heteroatoms. The van der Waals surface area contributed by atoms with Gasteiger partial charge in [-0.2, -0.15) is 5.10 Å². The van der Waals surface area contributed by atoms with Gasteiger partial charge in [0.15, 0.2) is 0 Å². The summed E-state index contributed by atoms with van der Waals surface area (Å²) >= 11 is 0. The van der Waals surface area contributed by atoms with Crippen molar-refractivity contribution in [3.8, 4) is 0 Å². The monoisotopic (exact) mass is 290 g/mol. The van der Waals surface area contributed by atoms with Crippen LogP contribution in [-0.4, -0.2) is 39.9 Å². The van der Waals surface area contributed by atoms with E-state index < -0.39 is 0 Å². The van der Waals surface area contributed by atoms with Crippen LogP contribution < -0.4 is 5.32 Å². The van der Waals surface area contributed by atoms with Crippen molar-refractivity contribution in [3.63, 3.8) is 0 Å². The number of aromatic nitrogens is 2. The van der Waals surface area contributed by atoms with Crippen molar-refractivity contribution in [1.82, 2.24) is 20.0 Å². The molecular formula is C17H30N4. The predicted molar refractivity (Wildman–Crippen MR) is 86.2 cm³/mol. The second-order valence-corrected chi connectivity index (χ2v) is 6.81. The SMILES string of the molecule is CCCNC(c1ccn(C)n1)C1(N2CCCC2)CCCC1. The zero-order valence-electron chi connectivity index (χ0n) is 13.6. The summed E-state index contributed by atoms with van der Waals surface area (Å²) in [5.41, 5.74) is 1.54. The average molecular weight is 290 g/mol. The first kappa shape index (κ1) is 15.0. The van der Waals surface area contributed by atoms with E-state index in [0.29, 0.717) is 11.6 Å². The first-order chi connectivity index (χ1) is 10.3. The standard InChI is InChI=1S/C17H30N4/c1-3-11-18-16(15-8-14-20(2)19-15)17(9-4-5-10-17)21-12-6-7-13-21/h8,14,16,18H,3-7,9-13H2,1-2H3. The van der Waals surface area contributed by atoms with Gasteiger partial charge in [0.1, 0.15) is 0 Å². The van der Waals surface area contributed by atoms with Crippen LogP contribution in [-0.2, 0) is 7.05 Å². The van der Waals surface area contributed by atoms with E-state index >= 15 is 0 Å². The van der Waals surface area contributed by atoms with Crippen LogP contribution in [0.15, 0.2) is 12.3 Å². The van der Waals surface area contributed by atoms with Gasteiger partial charge in [0.05, 0.1) is 11.7 Å². The smallest absolute Gasteiger partial charge is 0.0812 e. The summed E-state index contributed by atoms with van der Waals surface area (Å²) in [4.78, 5) is 2.78. The lowest BCUT2D eigenvalue weighted by Gasteiger charge is -2.45. The Hall–Kier alpha value is -0.870. The van der Waals surface area contributed by atoms with Crippen molar-refractivity contribution in [2.45, 2.75) is 63.5 Å². The zero-order chi connectivity index (χ0) is 14.7. The fourth-order valence-corrected chi connectivity index (χ4v) is 4.38. The first-order valence-corrected chi connectivity index (χ1v) is 8.74. The van der Waals surface area contributed by atoms with Crippen molar-refractivity contribution in [3.05, 3.63) is 18.0 Å². The van der Waals surface area contributed by atoms with Crippen LogP contribution in [0.25, 0.3) is 0 Å². The van der Waals surface area contributed by atoms with Gasteiger partial charge in [0.25, 0.3) is 0 Å². The summed E-state index contributed by atoms with van der Waals surface area (Å²) in [5.74, 6) is 0. The minimum Gasteiger partial charge on any atom is -0.307 e. The molecule has 3 rings (SSSR count). The number of likely N-dealkylation sites (tertiary alicyclic amines) is 1. The third-order valence-electron chi connectivity index (χ3n) is 5.37. The van der Waals surface area contributed by atoms with Gasteiger partial charge < -0.3 is 5.32 Å². The molecule has 118 valence electrons. The normalized spacial score (nSPS) is 23.7. The topological polar surface area (TPSA) is 33.1 Å². The zero-order valence-corrected chi connectivity index (χ0v) is 13.6. The number of hydrogen-bond acceptors (Lipinski definition) is 3. The van der Waals surface area contributed by atoms with E-state index in [1.54, 1.807) is 0 Å². The third-order valence-corrected chi connectivity index (χ3v) is 5.37. The fourth-order valence-electron chi connectivity index (χ4n) is 4.38. The molecule has 21 heavy (non-hydrogen) atoms. The summed E-state index contributed by atoms with van der Waals surface area (Å²) in [7, 11) is 2.03. The van der Waals surface area contributed by atoms with Crippen LogP contribution in [0.1, 0.15) is 63.6 Å². The Morgan fingerprint density at radius 2 is 1.95 bits per heavy atom. The van der Waals surface area contributed by atoms with Crippen LogP contribution in [0.4, 0.5) is 0 Å². The molecule has 1 aromatic rings. The number of hydrogen-bond donors (Lipinski definition) is 1. The molecule has 0 spiro atoms. The molecule has 1 N–H and O–H groups in total. The maximum Gasteiger partial charge on any atom is 0.0812 e. The Labute approximate surface area is 128 Å². The van der Waals surface area contributed by atoms with Gasteiger partial charge in [-0.3, -0.25) is 9.58 Å². The van der Waals surface area contributed by atoms with E-state index in [4.69, 9.17) is 5.10 Å². The van der Waals surface area contributed by atoms with Crippen LogP contribution in [0, 0.1) is 0 Å². The minimum absolute atomic E-state index is 0.306. The number of aryl methyl sites for hydroxylation is 1. The Bertz CT molecular complexity index is 441. The van der Waals surface area contributed by atoms with Gasteiger partial charge in [-0.25, -0.2) is 0 Å². The molecule has 0 aromatic carbocycles. The van der Waals surface area contributed by atoms with Crippen molar-refractivity contribution in [2.24, 2.45) is 7.05 Å². The highest BCUT2D eigenvalue weighted by Crippen LogP contribution is 2.45. The molecule has 4 nitrogen and oxygen atoms in total. The van der Waals surface area contributed by atoms with E-state index in [1.807, 2.05) is 11.7 Å². The lowest BCUT2D eigenvalue weighted by molar-refractivity contribution is 0.0745. The molecule has 1 aliphatic carbocycles. The maximum absolute atomic E-state index is 4.75. The minimum atomic E-state index is 0.306. The van der Waals surface area contributed by atoms with Gasteiger partial charge >= 0.3 is 0 Å². The summed E-state index contributed by atoms with van der Waals surface area (Å²) < 4.78 is 1.95. The Balaban J connectivity index is 1.91. The van der Waals surface area contributed by atoms with Crippen LogP contribution in [0.5, 0.6) is 0 Å². The van der Waals surface area contributed by atoms with E-state index in [1.165, 1.54) is 63.7 Å². The molecule has 2 fully saturated rings. The summed E-state index contributed by atoms with van der Waals surface area (Å²) in [5, 5.41) is 8.59. The number of rotatable bonds is 6. The molecule has 1 saturated carbocycles. The van der Waals surface area contributed by atoms with Gasteiger partial charge in [-0.1, -0.05) is 19.8 Å². The Morgan fingerprint density at radius 3 is 2.52 bits per heavy atom.